The molecule has 84 valence electrons. The van der Waals surface area contributed by atoms with E-state index >= 15 is 0 Å². The number of nitrogens with one attached hydrogen (secondary N) is 2. The Labute approximate surface area is 90.7 Å². The summed E-state index contributed by atoms with van der Waals surface area (Å²) in [4.78, 5) is 14.2. The van der Waals surface area contributed by atoms with Crippen LogP contribution in [-0.2, 0) is 4.79 Å². The summed E-state index contributed by atoms with van der Waals surface area (Å²) in [6.07, 6.45) is 2.10. The number of rotatable bonds is 3. The van der Waals surface area contributed by atoms with E-state index in [1.807, 2.05) is 0 Å². The van der Waals surface area contributed by atoms with E-state index in [0.717, 1.165) is 12.3 Å². The first-order chi connectivity index (χ1) is 7.54. The molecule has 6 N–H and O–H groups in total. The number of amidine groups is 1. The Morgan fingerprint density at radius 3 is 2.69 bits per heavy atom. The van der Waals surface area contributed by atoms with Crippen LogP contribution < -0.4 is 16.8 Å². The van der Waals surface area contributed by atoms with Gasteiger partial charge in [-0.3, -0.25) is 10.2 Å². The number of amides is 1. The zero-order chi connectivity index (χ0) is 12.1. The number of nitrogens with two attached hydrogens (primary N) is 2. The molecule has 16 heavy (non-hydrogen) atoms. The second kappa shape index (κ2) is 4.87. The summed E-state index contributed by atoms with van der Waals surface area (Å²) in [6.45, 7) is 0. The minimum absolute atomic E-state index is 0.163. The van der Waals surface area contributed by atoms with Crippen LogP contribution in [0.25, 0.3) is 0 Å². The summed E-state index contributed by atoms with van der Waals surface area (Å²) in [5.74, 6) is -1.74. The fourth-order valence-corrected chi connectivity index (χ4v) is 0.950. The van der Waals surface area contributed by atoms with E-state index in [1.54, 1.807) is 0 Å². The number of hydrogen-bond acceptors (Lipinski definition) is 4. The summed E-state index contributed by atoms with van der Waals surface area (Å²) in [7, 11) is 0. The van der Waals surface area contributed by atoms with E-state index in [4.69, 9.17) is 16.9 Å². The van der Waals surface area contributed by atoms with Gasteiger partial charge in [-0.25, -0.2) is 4.98 Å². The van der Waals surface area contributed by atoms with Crippen LogP contribution in [0.3, 0.4) is 0 Å². The number of carbonyl (C=O) groups excluding carboxylic acids is 1. The van der Waals surface area contributed by atoms with Crippen LogP contribution in [0.5, 0.6) is 0 Å². The van der Waals surface area contributed by atoms with E-state index in [-0.39, 0.29) is 11.4 Å². The average molecular weight is 223 g/mol. The molecule has 1 rings (SSSR count). The summed E-state index contributed by atoms with van der Waals surface area (Å²) in [6, 6.07) is 2.48. The Hall–Kier alpha value is -2.44. The molecule has 0 bridgehead atoms. The van der Waals surface area contributed by atoms with Gasteiger partial charge in [0.1, 0.15) is 5.84 Å². The first-order valence-corrected chi connectivity index (χ1v) is 4.23. The predicted molar refractivity (Wildman–Crippen MR) is 57.0 cm³/mol. The number of nitrogens with zero attached hydrogens (tertiary/aromatic N) is 1. The monoisotopic (exact) mass is 223 g/mol. The molecular weight excluding hydrogens is 213 g/mol. The summed E-state index contributed by atoms with van der Waals surface area (Å²) in [5.41, 5.74) is 10.3. The fourth-order valence-electron chi connectivity index (χ4n) is 0.950. The van der Waals surface area contributed by atoms with Crippen molar-refractivity contribution in [1.29, 1.82) is 5.41 Å². The Bertz CT molecular complexity index is 440. The molecule has 1 amide bonds. The maximum absolute atomic E-state index is 12.5. The van der Waals surface area contributed by atoms with Gasteiger partial charge >= 0.3 is 0 Å². The molecule has 0 saturated carbocycles. The molecule has 0 fully saturated rings. The van der Waals surface area contributed by atoms with Crippen molar-refractivity contribution in [2.45, 2.75) is 0 Å². The van der Waals surface area contributed by atoms with Gasteiger partial charge in [-0.1, -0.05) is 0 Å². The van der Waals surface area contributed by atoms with Crippen LogP contribution in [-0.4, -0.2) is 16.7 Å². The number of primary amides is 1. The van der Waals surface area contributed by atoms with Crippen molar-refractivity contribution in [3.8, 4) is 0 Å². The number of anilines is 1. The first kappa shape index (κ1) is 11.6. The van der Waals surface area contributed by atoms with Gasteiger partial charge in [0.05, 0.1) is 17.5 Å². The molecule has 0 saturated heterocycles. The maximum atomic E-state index is 12.5. The van der Waals surface area contributed by atoms with E-state index in [1.165, 1.54) is 12.3 Å². The molecule has 0 radical (unpaired) electrons. The number of hydrogen-bond donors (Lipinski definition) is 4. The molecule has 0 aromatic carbocycles. The van der Waals surface area contributed by atoms with Gasteiger partial charge in [0, 0.05) is 6.20 Å². The Morgan fingerprint density at radius 2 is 2.25 bits per heavy atom. The van der Waals surface area contributed by atoms with E-state index in [9.17, 15) is 9.18 Å². The molecule has 0 atom stereocenters. The lowest BCUT2D eigenvalue weighted by Gasteiger charge is -2.07. The lowest BCUT2D eigenvalue weighted by Crippen LogP contribution is -2.26. The number of aromatic nitrogens is 1. The summed E-state index contributed by atoms with van der Waals surface area (Å²) < 4.78 is 12.5. The zero-order valence-corrected chi connectivity index (χ0v) is 8.20. The van der Waals surface area contributed by atoms with Crippen molar-refractivity contribution in [3.63, 3.8) is 0 Å². The van der Waals surface area contributed by atoms with Crippen LogP contribution in [0.2, 0.25) is 0 Å². The molecule has 0 spiro atoms. The highest BCUT2D eigenvalue weighted by Gasteiger charge is 2.11. The van der Waals surface area contributed by atoms with Gasteiger partial charge in [-0.2, -0.15) is 4.39 Å². The minimum atomic E-state index is -0.824. The quantitative estimate of drug-likeness (QED) is 0.248. The molecule has 1 aromatic heterocycles. The van der Waals surface area contributed by atoms with Crippen LogP contribution in [0.4, 0.5) is 10.1 Å². The van der Waals surface area contributed by atoms with Gasteiger partial charge < -0.3 is 16.8 Å². The zero-order valence-electron chi connectivity index (χ0n) is 8.20. The third kappa shape index (κ3) is 2.77. The van der Waals surface area contributed by atoms with Gasteiger partial charge in [-0.15, -0.1) is 0 Å². The van der Waals surface area contributed by atoms with E-state index in [2.05, 4.69) is 10.3 Å². The van der Waals surface area contributed by atoms with E-state index < -0.39 is 11.9 Å². The molecule has 0 aliphatic rings. The highest BCUT2D eigenvalue weighted by Crippen LogP contribution is 2.07. The molecule has 1 aromatic rings. The van der Waals surface area contributed by atoms with Crippen molar-refractivity contribution in [3.05, 3.63) is 36.1 Å². The van der Waals surface area contributed by atoms with Gasteiger partial charge in [0.2, 0.25) is 5.95 Å². The molecule has 0 aliphatic heterocycles. The smallest absolute Gasteiger partial charge is 0.253 e. The molecular formula is C9H10FN5O. The summed E-state index contributed by atoms with van der Waals surface area (Å²) in [5, 5.41) is 9.99. The Morgan fingerprint density at radius 1 is 1.56 bits per heavy atom. The SMILES string of the molecule is N=C(Nc1ccc(F)nc1)/C(=C\N)C(N)=O. The van der Waals surface area contributed by atoms with Crippen molar-refractivity contribution >= 4 is 17.4 Å². The lowest BCUT2D eigenvalue weighted by molar-refractivity contribution is -0.114. The largest absolute Gasteiger partial charge is 0.404 e. The Balaban J connectivity index is 2.78. The number of halogens is 1. The van der Waals surface area contributed by atoms with Crippen molar-refractivity contribution < 1.29 is 9.18 Å². The first-order valence-electron chi connectivity index (χ1n) is 4.23. The second-order valence-electron chi connectivity index (χ2n) is 2.81. The molecule has 0 aliphatic carbocycles. The van der Waals surface area contributed by atoms with Crippen LogP contribution in [0.15, 0.2) is 30.1 Å². The summed E-state index contributed by atoms with van der Waals surface area (Å²) >= 11 is 0. The van der Waals surface area contributed by atoms with Crippen LogP contribution in [0.1, 0.15) is 0 Å². The second-order valence-corrected chi connectivity index (χ2v) is 2.81. The van der Waals surface area contributed by atoms with Gasteiger partial charge in [0.25, 0.3) is 5.91 Å². The minimum Gasteiger partial charge on any atom is -0.404 e. The molecule has 6 nitrogen and oxygen atoms in total. The maximum Gasteiger partial charge on any atom is 0.253 e. The molecule has 7 heteroatoms. The predicted octanol–water partition coefficient (Wildman–Crippen LogP) is -0.0622. The topological polar surface area (TPSA) is 118 Å². The van der Waals surface area contributed by atoms with E-state index in [0.29, 0.717) is 5.69 Å². The van der Waals surface area contributed by atoms with Gasteiger partial charge in [0.15, 0.2) is 0 Å². The number of pyridine rings is 1. The van der Waals surface area contributed by atoms with Crippen LogP contribution in [0, 0.1) is 11.4 Å². The molecule has 0 unspecified atom stereocenters. The lowest BCUT2D eigenvalue weighted by atomic mass is 10.2. The van der Waals surface area contributed by atoms with Crippen molar-refractivity contribution in [1.82, 2.24) is 4.98 Å². The normalized spacial score (nSPS) is 10.9. The van der Waals surface area contributed by atoms with Crippen molar-refractivity contribution in [2.75, 3.05) is 5.32 Å². The fraction of sp³-hybridized carbons (Fsp3) is 0. The van der Waals surface area contributed by atoms with Gasteiger partial charge in [-0.05, 0) is 12.1 Å². The van der Waals surface area contributed by atoms with Crippen molar-refractivity contribution in [2.24, 2.45) is 11.5 Å². The standard InChI is InChI=1S/C9H10FN5O/c10-7-2-1-5(4-14-7)15-8(12)6(3-11)9(13)16/h1-4H,11H2,(H2,12,15)(H2,13,16)/b6-3+. The average Bonchev–Trinajstić information content (AvgIpc) is 2.22. The number of carbonyl (C=O) groups is 1. The highest BCUT2D eigenvalue weighted by atomic mass is 19.1. The third-order valence-electron chi connectivity index (χ3n) is 1.70. The highest BCUT2D eigenvalue weighted by molar-refractivity contribution is 6.23. The third-order valence-corrected chi connectivity index (χ3v) is 1.70. The Kier molecular flexibility index (Phi) is 3.54. The molecule has 1 heterocycles. The van der Waals surface area contributed by atoms with Crippen LogP contribution >= 0.6 is 0 Å².